The number of hydrogen-bond donors (Lipinski definition) is 1. The Balaban J connectivity index is 2.20. The average molecular weight is 257 g/mol. The van der Waals surface area contributed by atoms with Gasteiger partial charge < -0.3 is 0 Å². The van der Waals surface area contributed by atoms with Gasteiger partial charge in [0.25, 0.3) is 10.1 Å². The molecule has 0 aliphatic carbocycles. The molecular weight excluding hydrogens is 240 g/mol. The van der Waals surface area contributed by atoms with Crippen molar-refractivity contribution in [2.24, 2.45) is 0 Å². The largest absolute Gasteiger partial charge is 0.300 e. The Morgan fingerprint density at radius 3 is 1.93 bits per heavy atom. The summed E-state index contributed by atoms with van der Waals surface area (Å²) in [4.78, 5) is 4.29. The van der Waals surface area contributed by atoms with Crippen LogP contribution in [0.15, 0.2) is 0 Å². The molecule has 1 fully saturated rings. The minimum Gasteiger partial charge on any atom is -0.300 e. The molecule has 1 aliphatic rings. The van der Waals surface area contributed by atoms with Gasteiger partial charge in [0.15, 0.2) is 0 Å². The molecule has 0 aromatic carbocycles. The van der Waals surface area contributed by atoms with Crippen molar-refractivity contribution >= 4 is 21.7 Å². The van der Waals surface area contributed by atoms with E-state index in [1.54, 1.807) is 0 Å². The summed E-state index contributed by atoms with van der Waals surface area (Å²) in [5.41, 5.74) is 0. The molecule has 0 aromatic rings. The van der Waals surface area contributed by atoms with Crippen LogP contribution >= 0.6 is 11.6 Å². The van der Waals surface area contributed by atoms with E-state index in [-0.39, 0.29) is 5.75 Å². The lowest BCUT2D eigenvalue weighted by molar-refractivity contribution is 0.143. The molecular formula is C8H17ClN2O3S. The van der Waals surface area contributed by atoms with Crippen LogP contribution < -0.4 is 0 Å². The second-order valence-corrected chi connectivity index (χ2v) is 5.61. The Hall–Kier alpha value is 0.120. The Kier molecular flexibility index (Phi) is 5.28. The highest BCUT2D eigenvalue weighted by Crippen LogP contribution is 2.02. The molecule has 1 N–H and O–H groups in total. The molecule has 5 nitrogen and oxygen atoms in total. The lowest BCUT2D eigenvalue weighted by Crippen LogP contribution is -2.47. The fourth-order valence-corrected chi connectivity index (χ4v) is 2.33. The van der Waals surface area contributed by atoms with Gasteiger partial charge in [-0.2, -0.15) is 8.42 Å². The minimum absolute atomic E-state index is 0.178. The van der Waals surface area contributed by atoms with Crippen LogP contribution in [0.5, 0.6) is 0 Å². The molecule has 1 rings (SSSR count). The number of piperazine rings is 1. The van der Waals surface area contributed by atoms with Gasteiger partial charge in [0.1, 0.15) is 0 Å². The summed E-state index contributed by atoms with van der Waals surface area (Å²) in [5, 5.41) is 0. The average Bonchev–Trinajstić information content (AvgIpc) is 2.16. The van der Waals surface area contributed by atoms with Crippen LogP contribution in [0.25, 0.3) is 0 Å². The second kappa shape index (κ2) is 6.00. The third kappa shape index (κ3) is 5.67. The van der Waals surface area contributed by atoms with E-state index in [1.807, 2.05) is 4.90 Å². The molecule has 0 spiro atoms. The molecule has 7 heteroatoms. The summed E-state index contributed by atoms with van der Waals surface area (Å²) in [7, 11) is -3.82. The van der Waals surface area contributed by atoms with Gasteiger partial charge >= 0.3 is 0 Å². The first-order valence-electron chi connectivity index (χ1n) is 4.97. The van der Waals surface area contributed by atoms with Crippen LogP contribution in [0.3, 0.4) is 0 Å². The minimum atomic E-state index is -3.82. The highest BCUT2D eigenvalue weighted by Gasteiger charge is 2.17. The molecule has 0 unspecified atom stereocenters. The quantitative estimate of drug-likeness (QED) is 0.542. The highest BCUT2D eigenvalue weighted by molar-refractivity contribution is 7.85. The van der Waals surface area contributed by atoms with Gasteiger partial charge in [-0.3, -0.25) is 14.4 Å². The fourth-order valence-electron chi connectivity index (χ4n) is 1.60. The maximum absolute atomic E-state index is 10.5. The number of alkyl halides is 1. The molecule has 0 atom stereocenters. The van der Waals surface area contributed by atoms with Crippen molar-refractivity contribution in [2.45, 2.75) is 0 Å². The lowest BCUT2D eigenvalue weighted by atomic mass is 10.3. The molecule has 1 aliphatic heterocycles. The van der Waals surface area contributed by atoms with Crippen molar-refractivity contribution in [1.29, 1.82) is 0 Å². The number of nitrogens with zero attached hydrogens (tertiary/aromatic N) is 2. The topological polar surface area (TPSA) is 60.9 Å². The summed E-state index contributed by atoms with van der Waals surface area (Å²) < 4.78 is 29.7. The zero-order valence-electron chi connectivity index (χ0n) is 8.60. The SMILES string of the molecule is O=S(=O)(O)CCN1CCN(CCCl)CC1. The van der Waals surface area contributed by atoms with E-state index in [0.717, 1.165) is 32.7 Å². The molecule has 0 amide bonds. The van der Waals surface area contributed by atoms with Crippen molar-refractivity contribution in [3.8, 4) is 0 Å². The van der Waals surface area contributed by atoms with Crippen molar-refractivity contribution < 1.29 is 13.0 Å². The fraction of sp³-hybridized carbons (Fsp3) is 1.00. The monoisotopic (exact) mass is 256 g/mol. The summed E-state index contributed by atoms with van der Waals surface area (Å²) >= 11 is 5.62. The zero-order valence-corrected chi connectivity index (χ0v) is 10.2. The van der Waals surface area contributed by atoms with Gasteiger partial charge in [-0.1, -0.05) is 0 Å². The molecule has 1 heterocycles. The van der Waals surface area contributed by atoms with Gasteiger partial charge in [0.05, 0.1) is 5.75 Å². The van der Waals surface area contributed by atoms with E-state index >= 15 is 0 Å². The Morgan fingerprint density at radius 2 is 1.53 bits per heavy atom. The maximum Gasteiger partial charge on any atom is 0.266 e. The molecule has 15 heavy (non-hydrogen) atoms. The van der Waals surface area contributed by atoms with Crippen LogP contribution in [-0.2, 0) is 10.1 Å². The highest BCUT2D eigenvalue weighted by atomic mass is 35.5. The molecule has 0 saturated carbocycles. The van der Waals surface area contributed by atoms with Gasteiger partial charge in [-0.05, 0) is 0 Å². The predicted molar refractivity (Wildman–Crippen MR) is 60.0 cm³/mol. The Labute approximate surface area is 95.7 Å². The summed E-state index contributed by atoms with van der Waals surface area (Å²) in [6.45, 7) is 4.80. The first-order chi connectivity index (χ1) is 7.01. The smallest absolute Gasteiger partial charge is 0.266 e. The standard InChI is InChI=1S/C8H17ClN2O3S/c9-1-2-10-3-5-11(6-4-10)7-8-15(12,13)14/h1-8H2,(H,12,13,14). The Morgan fingerprint density at radius 1 is 1.07 bits per heavy atom. The molecule has 0 bridgehead atoms. The summed E-state index contributed by atoms with van der Waals surface area (Å²) in [5.74, 6) is 0.452. The number of halogens is 1. The number of rotatable bonds is 5. The van der Waals surface area contributed by atoms with E-state index < -0.39 is 10.1 Å². The van der Waals surface area contributed by atoms with Crippen molar-refractivity contribution in [1.82, 2.24) is 9.80 Å². The molecule has 0 radical (unpaired) electrons. The van der Waals surface area contributed by atoms with E-state index in [2.05, 4.69) is 4.90 Å². The Bertz CT molecular complexity index is 276. The van der Waals surface area contributed by atoms with Crippen LogP contribution in [0, 0.1) is 0 Å². The van der Waals surface area contributed by atoms with Crippen molar-refractivity contribution in [3.05, 3.63) is 0 Å². The lowest BCUT2D eigenvalue weighted by Gasteiger charge is -2.33. The third-order valence-electron chi connectivity index (χ3n) is 2.53. The van der Waals surface area contributed by atoms with E-state index in [9.17, 15) is 8.42 Å². The first kappa shape index (κ1) is 13.2. The second-order valence-electron chi connectivity index (χ2n) is 3.66. The van der Waals surface area contributed by atoms with Crippen molar-refractivity contribution in [3.63, 3.8) is 0 Å². The summed E-state index contributed by atoms with van der Waals surface area (Å²) in [6, 6.07) is 0. The third-order valence-corrected chi connectivity index (χ3v) is 3.40. The first-order valence-corrected chi connectivity index (χ1v) is 7.11. The van der Waals surface area contributed by atoms with E-state index in [0.29, 0.717) is 12.4 Å². The predicted octanol–water partition coefficient (Wildman–Crippen LogP) is -0.269. The van der Waals surface area contributed by atoms with E-state index in [1.165, 1.54) is 0 Å². The molecule has 1 saturated heterocycles. The van der Waals surface area contributed by atoms with Gasteiger partial charge in [0, 0.05) is 45.1 Å². The van der Waals surface area contributed by atoms with Gasteiger partial charge in [-0.25, -0.2) is 0 Å². The van der Waals surface area contributed by atoms with Crippen molar-refractivity contribution in [2.75, 3.05) is 50.9 Å². The van der Waals surface area contributed by atoms with Crippen LogP contribution in [0.4, 0.5) is 0 Å². The van der Waals surface area contributed by atoms with E-state index in [4.69, 9.17) is 16.2 Å². The van der Waals surface area contributed by atoms with Crippen LogP contribution in [0.1, 0.15) is 0 Å². The normalized spacial score (nSPS) is 20.7. The number of hydrogen-bond acceptors (Lipinski definition) is 4. The maximum atomic E-state index is 10.5. The molecule has 90 valence electrons. The van der Waals surface area contributed by atoms with Gasteiger partial charge in [0.2, 0.25) is 0 Å². The van der Waals surface area contributed by atoms with Gasteiger partial charge in [-0.15, -0.1) is 11.6 Å². The zero-order chi connectivity index (χ0) is 11.3. The van der Waals surface area contributed by atoms with Crippen LogP contribution in [-0.4, -0.2) is 73.7 Å². The summed E-state index contributed by atoms with van der Waals surface area (Å²) in [6.07, 6.45) is 0. The van der Waals surface area contributed by atoms with Crippen LogP contribution in [0.2, 0.25) is 0 Å². The molecule has 0 aromatic heterocycles.